The average molecular weight is 294 g/mol. The molecular formula is C12H17F3N2OS. The van der Waals surface area contributed by atoms with E-state index in [0.29, 0.717) is 37.1 Å². The zero-order chi connectivity index (χ0) is 13.9. The van der Waals surface area contributed by atoms with Crippen molar-refractivity contribution in [2.45, 2.75) is 32.5 Å². The minimum atomic E-state index is -4.37. The molecule has 1 fully saturated rings. The van der Waals surface area contributed by atoms with E-state index >= 15 is 0 Å². The zero-order valence-corrected chi connectivity index (χ0v) is 11.5. The summed E-state index contributed by atoms with van der Waals surface area (Å²) in [7, 11) is 0. The lowest BCUT2D eigenvalue weighted by Gasteiger charge is -2.05. The van der Waals surface area contributed by atoms with Crippen LogP contribution in [0.4, 0.5) is 13.2 Å². The highest BCUT2D eigenvalue weighted by molar-refractivity contribution is 7.11. The van der Waals surface area contributed by atoms with Crippen LogP contribution < -0.4 is 5.32 Å². The molecule has 0 aromatic carbocycles. The van der Waals surface area contributed by atoms with E-state index in [2.05, 4.69) is 10.3 Å². The Labute approximate surface area is 114 Å². The van der Waals surface area contributed by atoms with E-state index in [4.69, 9.17) is 4.74 Å². The first-order valence-electron chi connectivity index (χ1n) is 6.35. The Morgan fingerprint density at radius 3 is 2.84 bits per heavy atom. The number of nitrogens with zero attached hydrogens (tertiary/aromatic N) is 1. The molecule has 108 valence electrons. The average Bonchev–Trinajstić information content (AvgIpc) is 2.95. The summed E-state index contributed by atoms with van der Waals surface area (Å²) >= 11 is 1.16. The predicted molar refractivity (Wildman–Crippen MR) is 67.1 cm³/mol. The van der Waals surface area contributed by atoms with Gasteiger partial charge in [-0.05, 0) is 18.9 Å². The molecule has 0 amide bonds. The number of halogens is 3. The van der Waals surface area contributed by atoms with Crippen molar-refractivity contribution in [3.63, 3.8) is 0 Å². The highest BCUT2D eigenvalue weighted by Crippen LogP contribution is 2.35. The van der Waals surface area contributed by atoms with Gasteiger partial charge in [0, 0.05) is 26.2 Å². The van der Waals surface area contributed by atoms with Crippen LogP contribution in [-0.2, 0) is 23.9 Å². The fourth-order valence-electron chi connectivity index (χ4n) is 2.06. The summed E-state index contributed by atoms with van der Waals surface area (Å²) in [6.07, 6.45) is -2.88. The zero-order valence-electron chi connectivity index (χ0n) is 10.7. The minimum absolute atomic E-state index is 0.226. The maximum absolute atomic E-state index is 12.9. The third-order valence-electron chi connectivity index (χ3n) is 3.03. The second-order valence-electron chi connectivity index (χ2n) is 4.59. The van der Waals surface area contributed by atoms with Crippen molar-refractivity contribution in [2.75, 3.05) is 19.8 Å². The van der Waals surface area contributed by atoms with Crippen molar-refractivity contribution in [2.24, 2.45) is 5.92 Å². The van der Waals surface area contributed by atoms with Gasteiger partial charge < -0.3 is 10.1 Å². The molecule has 1 aliphatic heterocycles. The molecule has 0 spiro atoms. The van der Waals surface area contributed by atoms with E-state index in [1.165, 1.54) is 0 Å². The number of hydrogen-bond donors (Lipinski definition) is 1. The lowest BCUT2D eigenvalue weighted by Crippen LogP contribution is -2.15. The van der Waals surface area contributed by atoms with Gasteiger partial charge in [0.25, 0.3) is 0 Å². The van der Waals surface area contributed by atoms with Crippen molar-refractivity contribution >= 4 is 11.3 Å². The van der Waals surface area contributed by atoms with Crippen molar-refractivity contribution < 1.29 is 17.9 Å². The first-order valence-corrected chi connectivity index (χ1v) is 7.16. The topological polar surface area (TPSA) is 34.1 Å². The highest BCUT2D eigenvalue weighted by Gasteiger charge is 2.37. The minimum Gasteiger partial charge on any atom is -0.381 e. The SMILES string of the molecule is CCNCc1sc(CC2CCOC2)nc1C(F)(F)F. The summed E-state index contributed by atoms with van der Waals surface area (Å²) in [5.41, 5.74) is -0.729. The van der Waals surface area contributed by atoms with Gasteiger partial charge in [0.2, 0.25) is 0 Å². The molecule has 3 nitrogen and oxygen atoms in total. The Balaban J connectivity index is 2.13. The van der Waals surface area contributed by atoms with Crippen LogP contribution in [0, 0.1) is 5.92 Å². The van der Waals surface area contributed by atoms with Gasteiger partial charge in [-0.15, -0.1) is 11.3 Å². The summed E-state index contributed by atoms with van der Waals surface area (Å²) in [4.78, 5) is 4.08. The first-order chi connectivity index (χ1) is 9.00. The lowest BCUT2D eigenvalue weighted by atomic mass is 10.1. The van der Waals surface area contributed by atoms with Crippen molar-refractivity contribution in [1.29, 1.82) is 0 Å². The fourth-order valence-corrected chi connectivity index (χ4v) is 3.23. The third kappa shape index (κ3) is 3.90. The van der Waals surface area contributed by atoms with Crippen molar-refractivity contribution in [3.05, 3.63) is 15.6 Å². The van der Waals surface area contributed by atoms with Crippen LogP contribution >= 0.6 is 11.3 Å². The largest absolute Gasteiger partial charge is 0.434 e. The van der Waals surface area contributed by atoms with E-state index in [9.17, 15) is 13.2 Å². The molecule has 1 aliphatic rings. The van der Waals surface area contributed by atoms with E-state index in [-0.39, 0.29) is 11.4 Å². The molecule has 0 aliphatic carbocycles. The van der Waals surface area contributed by atoms with Gasteiger partial charge in [0.15, 0.2) is 5.69 Å². The van der Waals surface area contributed by atoms with Crippen LogP contribution in [0.25, 0.3) is 0 Å². The molecule has 1 aromatic rings. The Bertz CT molecular complexity index is 414. The standard InChI is InChI=1S/C12H17F3N2OS/c1-2-16-6-9-11(12(13,14)15)17-10(19-9)5-8-3-4-18-7-8/h8,16H,2-7H2,1H3. The summed E-state index contributed by atoms with van der Waals surface area (Å²) in [6.45, 7) is 4.06. The van der Waals surface area contributed by atoms with Gasteiger partial charge in [-0.3, -0.25) is 0 Å². The maximum atomic E-state index is 12.9. The number of thiazole rings is 1. The van der Waals surface area contributed by atoms with E-state index in [1.807, 2.05) is 6.92 Å². The predicted octanol–water partition coefficient (Wildman–Crippen LogP) is 2.85. The van der Waals surface area contributed by atoms with Crippen LogP contribution in [0.1, 0.15) is 28.9 Å². The van der Waals surface area contributed by atoms with Gasteiger partial charge in [0.1, 0.15) is 0 Å². The Hall–Kier alpha value is -0.660. The Kier molecular flexibility index (Phi) is 4.81. The molecule has 7 heteroatoms. The molecule has 19 heavy (non-hydrogen) atoms. The van der Waals surface area contributed by atoms with Crippen LogP contribution in [0.3, 0.4) is 0 Å². The quantitative estimate of drug-likeness (QED) is 0.906. The summed E-state index contributed by atoms with van der Waals surface area (Å²) in [5, 5.41) is 3.50. The van der Waals surface area contributed by atoms with E-state index < -0.39 is 11.9 Å². The Morgan fingerprint density at radius 1 is 1.47 bits per heavy atom. The van der Waals surface area contributed by atoms with Gasteiger partial charge in [0.05, 0.1) is 9.88 Å². The molecule has 0 radical (unpaired) electrons. The van der Waals surface area contributed by atoms with Gasteiger partial charge in [-0.25, -0.2) is 4.98 Å². The second kappa shape index (κ2) is 6.19. The molecular weight excluding hydrogens is 277 g/mol. The summed E-state index contributed by atoms with van der Waals surface area (Å²) in [5.74, 6) is 0.305. The first kappa shape index (κ1) is 14.7. The molecule has 1 N–H and O–H groups in total. The number of ether oxygens (including phenoxy) is 1. The number of hydrogen-bond acceptors (Lipinski definition) is 4. The van der Waals surface area contributed by atoms with Crippen LogP contribution in [0.2, 0.25) is 0 Å². The maximum Gasteiger partial charge on any atom is 0.434 e. The molecule has 1 aromatic heterocycles. The molecule has 2 rings (SSSR count). The third-order valence-corrected chi connectivity index (χ3v) is 4.11. The van der Waals surface area contributed by atoms with Crippen LogP contribution in [0.5, 0.6) is 0 Å². The lowest BCUT2D eigenvalue weighted by molar-refractivity contribution is -0.141. The molecule has 0 saturated carbocycles. The summed E-state index contributed by atoms with van der Waals surface area (Å²) < 4.78 is 43.9. The van der Waals surface area contributed by atoms with Gasteiger partial charge in [-0.2, -0.15) is 13.2 Å². The van der Waals surface area contributed by atoms with Crippen LogP contribution in [0.15, 0.2) is 0 Å². The number of nitrogens with one attached hydrogen (secondary N) is 1. The summed E-state index contributed by atoms with van der Waals surface area (Å²) in [6, 6.07) is 0. The fraction of sp³-hybridized carbons (Fsp3) is 0.750. The molecule has 0 bridgehead atoms. The normalized spacial score (nSPS) is 20.1. The van der Waals surface area contributed by atoms with Crippen molar-refractivity contribution in [1.82, 2.24) is 10.3 Å². The molecule has 1 atom stereocenters. The van der Waals surface area contributed by atoms with Crippen LogP contribution in [-0.4, -0.2) is 24.7 Å². The number of alkyl halides is 3. The number of aromatic nitrogens is 1. The van der Waals surface area contributed by atoms with Gasteiger partial charge >= 0.3 is 6.18 Å². The Morgan fingerprint density at radius 2 is 2.26 bits per heavy atom. The van der Waals surface area contributed by atoms with E-state index in [0.717, 1.165) is 17.8 Å². The van der Waals surface area contributed by atoms with Crippen molar-refractivity contribution in [3.8, 4) is 0 Å². The smallest absolute Gasteiger partial charge is 0.381 e. The number of rotatable bonds is 5. The highest BCUT2D eigenvalue weighted by atomic mass is 32.1. The second-order valence-corrected chi connectivity index (χ2v) is 5.76. The van der Waals surface area contributed by atoms with E-state index in [1.54, 1.807) is 0 Å². The molecule has 1 unspecified atom stereocenters. The molecule has 1 saturated heterocycles. The molecule has 2 heterocycles. The van der Waals surface area contributed by atoms with Gasteiger partial charge in [-0.1, -0.05) is 6.92 Å². The monoisotopic (exact) mass is 294 g/mol.